The van der Waals surface area contributed by atoms with Gasteiger partial charge in [0.25, 0.3) is 0 Å². The average molecular weight is 369 g/mol. The number of hydrogen-bond donors (Lipinski definition) is 1. The maximum Gasteiger partial charge on any atom is 0.204 e. The van der Waals surface area contributed by atoms with E-state index in [0.29, 0.717) is 59.5 Å². The maximum absolute atomic E-state index is 13.0. The zero-order chi connectivity index (χ0) is 19.4. The Morgan fingerprint density at radius 3 is 2.63 bits per heavy atom. The van der Waals surface area contributed by atoms with Crippen LogP contribution in [0.25, 0.3) is 6.08 Å². The number of allylic oxidation sites excluding steroid dienone is 1. The first-order valence-electron chi connectivity index (χ1n) is 8.74. The van der Waals surface area contributed by atoms with Crippen LogP contribution >= 0.6 is 0 Å². The predicted molar refractivity (Wildman–Crippen MR) is 104 cm³/mol. The van der Waals surface area contributed by atoms with Gasteiger partial charge in [-0.1, -0.05) is 6.92 Å². The molecule has 0 saturated carbocycles. The molecule has 2 aromatic rings. The molecule has 27 heavy (non-hydrogen) atoms. The van der Waals surface area contributed by atoms with Crippen LogP contribution in [0.1, 0.15) is 29.3 Å². The zero-order valence-electron chi connectivity index (χ0n) is 15.7. The summed E-state index contributed by atoms with van der Waals surface area (Å²) in [6.07, 6.45) is 2.38. The van der Waals surface area contributed by atoms with Gasteiger partial charge in [0, 0.05) is 16.7 Å². The summed E-state index contributed by atoms with van der Waals surface area (Å²) in [5, 5.41) is 0. The summed E-state index contributed by atoms with van der Waals surface area (Å²) in [5.74, 6) is 2.15. The van der Waals surface area contributed by atoms with Gasteiger partial charge in [-0.2, -0.15) is 0 Å². The number of ketones is 1. The molecule has 0 atom stereocenters. The van der Waals surface area contributed by atoms with E-state index >= 15 is 0 Å². The Kier molecular flexibility index (Phi) is 5.54. The fraction of sp³-hybridized carbons (Fsp3) is 0.286. The number of hydrogen-bond acceptors (Lipinski definition) is 6. The van der Waals surface area contributed by atoms with Gasteiger partial charge in [0.1, 0.15) is 19.0 Å². The summed E-state index contributed by atoms with van der Waals surface area (Å²) in [4.78, 5) is 13.0. The van der Waals surface area contributed by atoms with Gasteiger partial charge in [-0.25, -0.2) is 0 Å². The number of Topliss-reactive ketones (excluding diaryl/α,β-unsaturated/α-hetero) is 1. The first-order chi connectivity index (χ1) is 13.1. The van der Waals surface area contributed by atoms with Crippen molar-refractivity contribution >= 4 is 17.5 Å². The highest BCUT2D eigenvalue weighted by Gasteiger charge is 2.21. The van der Waals surface area contributed by atoms with E-state index < -0.39 is 0 Å². The quantitative estimate of drug-likeness (QED) is 0.475. The summed E-state index contributed by atoms with van der Waals surface area (Å²) in [6.45, 7) is 2.90. The van der Waals surface area contributed by atoms with E-state index in [0.717, 1.165) is 5.56 Å². The van der Waals surface area contributed by atoms with Crippen molar-refractivity contribution < 1.29 is 23.7 Å². The van der Waals surface area contributed by atoms with Gasteiger partial charge in [-0.15, -0.1) is 0 Å². The number of carbonyl (C=O) groups excluding carboxylic acids is 1. The van der Waals surface area contributed by atoms with Crippen LogP contribution in [0.5, 0.6) is 23.0 Å². The van der Waals surface area contributed by atoms with Crippen LogP contribution in [-0.4, -0.2) is 33.2 Å². The first kappa shape index (κ1) is 18.6. The number of fused-ring (bicyclic) bond motifs is 1. The Morgan fingerprint density at radius 1 is 1.15 bits per heavy atom. The Morgan fingerprint density at radius 2 is 1.93 bits per heavy atom. The second-order valence-corrected chi connectivity index (χ2v) is 6.02. The second kappa shape index (κ2) is 8.03. The molecule has 1 aliphatic heterocycles. The van der Waals surface area contributed by atoms with E-state index in [1.807, 2.05) is 25.1 Å². The topological polar surface area (TPSA) is 80.0 Å². The summed E-state index contributed by atoms with van der Waals surface area (Å²) < 4.78 is 22.0. The van der Waals surface area contributed by atoms with Crippen LogP contribution in [-0.2, 0) is 0 Å². The predicted octanol–water partition coefficient (Wildman–Crippen LogP) is 3.73. The van der Waals surface area contributed by atoms with Crippen LogP contribution in [0.3, 0.4) is 0 Å². The second-order valence-electron chi connectivity index (χ2n) is 6.02. The van der Waals surface area contributed by atoms with Crippen molar-refractivity contribution in [2.75, 3.05) is 33.2 Å². The maximum atomic E-state index is 13.0. The number of ether oxygens (including phenoxy) is 4. The lowest BCUT2D eigenvalue weighted by Gasteiger charge is -2.21. The minimum absolute atomic E-state index is 0.0901. The van der Waals surface area contributed by atoms with Gasteiger partial charge in [0.2, 0.25) is 5.75 Å². The fourth-order valence-corrected chi connectivity index (χ4v) is 2.98. The molecule has 0 spiro atoms. The van der Waals surface area contributed by atoms with Crippen molar-refractivity contribution in [3.8, 4) is 23.0 Å². The monoisotopic (exact) mass is 369 g/mol. The van der Waals surface area contributed by atoms with E-state index in [1.54, 1.807) is 25.3 Å². The van der Waals surface area contributed by atoms with Crippen molar-refractivity contribution in [3.63, 3.8) is 0 Å². The number of benzene rings is 2. The Hall–Kier alpha value is -3.15. The first-order valence-corrected chi connectivity index (χ1v) is 8.74. The molecule has 0 aromatic heterocycles. The Balaban J connectivity index is 2.00. The molecule has 0 aliphatic carbocycles. The number of rotatable bonds is 6. The molecule has 0 bridgehead atoms. The van der Waals surface area contributed by atoms with Crippen molar-refractivity contribution in [1.82, 2.24) is 0 Å². The molecular weight excluding hydrogens is 346 g/mol. The minimum Gasteiger partial charge on any atom is -0.495 e. The molecule has 0 unspecified atom stereocenters. The molecule has 1 heterocycles. The van der Waals surface area contributed by atoms with Gasteiger partial charge >= 0.3 is 0 Å². The number of nitrogens with two attached hydrogens (primary N) is 1. The summed E-state index contributed by atoms with van der Waals surface area (Å²) in [5.41, 5.74) is 8.25. The van der Waals surface area contributed by atoms with Crippen molar-refractivity contribution in [2.24, 2.45) is 0 Å². The highest BCUT2D eigenvalue weighted by Crippen LogP contribution is 2.42. The Bertz CT molecular complexity index is 888. The molecule has 0 saturated heterocycles. The molecule has 2 aromatic carbocycles. The third-order valence-electron chi connectivity index (χ3n) is 4.40. The van der Waals surface area contributed by atoms with Crippen molar-refractivity contribution in [1.29, 1.82) is 0 Å². The summed E-state index contributed by atoms with van der Waals surface area (Å²) >= 11 is 0. The molecular formula is C21H23NO5. The van der Waals surface area contributed by atoms with Gasteiger partial charge in [0.05, 0.1) is 19.9 Å². The fourth-order valence-electron chi connectivity index (χ4n) is 2.98. The third kappa shape index (κ3) is 3.69. The van der Waals surface area contributed by atoms with E-state index in [-0.39, 0.29) is 5.78 Å². The largest absolute Gasteiger partial charge is 0.495 e. The molecule has 1 aliphatic rings. The molecule has 0 amide bonds. The lowest BCUT2D eigenvalue weighted by Crippen LogP contribution is -2.16. The van der Waals surface area contributed by atoms with Gasteiger partial charge < -0.3 is 24.7 Å². The number of carbonyl (C=O) groups is 1. The zero-order valence-corrected chi connectivity index (χ0v) is 15.7. The Labute approximate surface area is 158 Å². The lowest BCUT2D eigenvalue weighted by molar-refractivity contribution is 0.103. The third-order valence-corrected chi connectivity index (χ3v) is 4.40. The van der Waals surface area contributed by atoms with E-state index in [4.69, 9.17) is 24.7 Å². The molecule has 2 N–H and O–H groups in total. The van der Waals surface area contributed by atoms with Crippen molar-refractivity contribution in [3.05, 3.63) is 47.0 Å². The van der Waals surface area contributed by atoms with E-state index in [9.17, 15) is 4.79 Å². The molecule has 142 valence electrons. The average Bonchev–Trinajstić information content (AvgIpc) is 2.71. The van der Waals surface area contributed by atoms with Crippen LogP contribution < -0.4 is 24.7 Å². The van der Waals surface area contributed by atoms with Crippen LogP contribution in [0.2, 0.25) is 0 Å². The highest BCUT2D eigenvalue weighted by molar-refractivity contribution is 6.11. The number of anilines is 1. The minimum atomic E-state index is -0.0901. The van der Waals surface area contributed by atoms with Crippen molar-refractivity contribution in [2.45, 2.75) is 13.3 Å². The SMILES string of the molecule is CC/C(=C\c1ccc2c(c1OC)OCCO2)C(=O)c1ccc(N)c(OC)c1. The highest BCUT2D eigenvalue weighted by atomic mass is 16.6. The standard InChI is InChI=1S/C21H23NO5/c1-4-13(19(23)14-5-7-16(22)18(12-14)24-2)11-15-6-8-17-21(20(15)25-3)27-10-9-26-17/h5-8,11-12H,4,9-10,22H2,1-3H3/b13-11+. The van der Waals surface area contributed by atoms with Crippen LogP contribution in [0.15, 0.2) is 35.9 Å². The number of methoxy groups -OCH3 is 2. The number of nitrogen functional groups attached to an aromatic ring is 1. The molecule has 3 rings (SSSR count). The smallest absolute Gasteiger partial charge is 0.204 e. The molecule has 0 radical (unpaired) electrons. The lowest BCUT2D eigenvalue weighted by atomic mass is 9.98. The summed E-state index contributed by atoms with van der Waals surface area (Å²) in [7, 11) is 3.10. The molecule has 6 heteroatoms. The molecule has 6 nitrogen and oxygen atoms in total. The van der Waals surface area contributed by atoms with Gasteiger partial charge in [-0.05, 0) is 42.8 Å². The normalized spacial score (nSPS) is 13.2. The van der Waals surface area contributed by atoms with E-state index in [2.05, 4.69) is 0 Å². The van der Waals surface area contributed by atoms with Crippen LogP contribution in [0.4, 0.5) is 5.69 Å². The van der Waals surface area contributed by atoms with Gasteiger partial charge in [-0.3, -0.25) is 4.79 Å². The molecule has 0 fully saturated rings. The van der Waals surface area contributed by atoms with E-state index in [1.165, 1.54) is 7.11 Å². The van der Waals surface area contributed by atoms with Gasteiger partial charge in [0.15, 0.2) is 17.3 Å². The summed E-state index contributed by atoms with van der Waals surface area (Å²) in [6, 6.07) is 8.71. The van der Waals surface area contributed by atoms with Crippen LogP contribution in [0, 0.1) is 0 Å².